The van der Waals surface area contributed by atoms with Gasteiger partial charge < -0.3 is 9.72 Å². The van der Waals surface area contributed by atoms with E-state index in [4.69, 9.17) is 4.74 Å². The van der Waals surface area contributed by atoms with Crippen molar-refractivity contribution in [3.63, 3.8) is 0 Å². The first-order valence-electron chi connectivity index (χ1n) is 6.66. The summed E-state index contributed by atoms with van der Waals surface area (Å²) in [6, 6.07) is 15.9. The molecule has 0 unspecified atom stereocenters. The van der Waals surface area contributed by atoms with E-state index in [1.165, 1.54) is 0 Å². The van der Waals surface area contributed by atoms with Gasteiger partial charge in [0.05, 0.1) is 23.2 Å². The third-order valence-corrected chi connectivity index (χ3v) is 3.11. The first-order chi connectivity index (χ1) is 9.88. The number of H-pyrrole nitrogens is 1. The van der Waals surface area contributed by atoms with Crippen LogP contribution in [-0.2, 0) is 0 Å². The number of hydrogen-bond donors (Lipinski definition) is 1. The van der Waals surface area contributed by atoms with Gasteiger partial charge >= 0.3 is 0 Å². The highest BCUT2D eigenvalue weighted by Crippen LogP contribution is 2.29. The smallest absolute Gasteiger partial charge is 0.142 e. The van der Waals surface area contributed by atoms with Crippen LogP contribution in [0.25, 0.3) is 22.4 Å². The summed E-state index contributed by atoms with van der Waals surface area (Å²) < 4.78 is 5.80. The molecule has 3 rings (SSSR count). The van der Waals surface area contributed by atoms with Crippen LogP contribution in [0.3, 0.4) is 0 Å². The minimum atomic E-state index is 0.626. The number of aromatic amines is 1. The lowest BCUT2D eigenvalue weighted by Gasteiger charge is -2.08. The first kappa shape index (κ1) is 12.5. The van der Waals surface area contributed by atoms with Gasteiger partial charge in [-0.05, 0) is 30.7 Å². The SMILES string of the molecule is C=CCCOc1ccccc1-c1nc2ccccc2[nH]1. The summed E-state index contributed by atoms with van der Waals surface area (Å²) in [5.74, 6) is 1.67. The zero-order valence-corrected chi connectivity index (χ0v) is 11.2. The van der Waals surface area contributed by atoms with Gasteiger partial charge in [-0.15, -0.1) is 6.58 Å². The Balaban J connectivity index is 1.98. The standard InChI is InChI=1S/C17H16N2O/c1-2-3-12-20-16-11-7-4-8-13(16)17-18-14-9-5-6-10-15(14)19-17/h2,4-11H,1,3,12H2,(H,18,19). The van der Waals surface area contributed by atoms with Crippen LogP contribution in [0.1, 0.15) is 6.42 Å². The van der Waals surface area contributed by atoms with Crippen LogP contribution in [0.15, 0.2) is 61.2 Å². The van der Waals surface area contributed by atoms with Crippen molar-refractivity contribution in [2.45, 2.75) is 6.42 Å². The fourth-order valence-corrected chi connectivity index (χ4v) is 2.12. The molecule has 0 radical (unpaired) electrons. The molecule has 1 aromatic heterocycles. The quantitative estimate of drug-likeness (QED) is 0.554. The van der Waals surface area contributed by atoms with Crippen molar-refractivity contribution >= 4 is 11.0 Å². The second-order valence-corrected chi connectivity index (χ2v) is 4.52. The summed E-state index contributed by atoms with van der Waals surface area (Å²) >= 11 is 0. The molecule has 0 bridgehead atoms. The van der Waals surface area contributed by atoms with Crippen molar-refractivity contribution < 1.29 is 4.74 Å². The van der Waals surface area contributed by atoms with Crippen molar-refractivity contribution in [1.82, 2.24) is 9.97 Å². The fraction of sp³-hybridized carbons (Fsp3) is 0.118. The van der Waals surface area contributed by atoms with Gasteiger partial charge in [-0.1, -0.05) is 30.3 Å². The molecule has 2 aromatic carbocycles. The number of aromatic nitrogens is 2. The van der Waals surface area contributed by atoms with Crippen molar-refractivity contribution in [1.29, 1.82) is 0 Å². The van der Waals surface area contributed by atoms with Gasteiger partial charge in [-0.2, -0.15) is 0 Å². The van der Waals surface area contributed by atoms with Crippen molar-refractivity contribution in [2.75, 3.05) is 6.61 Å². The topological polar surface area (TPSA) is 37.9 Å². The van der Waals surface area contributed by atoms with Gasteiger partial charge in [0.15, 0.2) is 0 Å². The van der Waals surface area contributed by atoms with Crippen LogP contribution in [0.2, 0.25) is 0 Å². The number of nitrogens with zero attached hydrogens (tertiary/aromatic N) is 1. The highest BCUT2D eigenvalue weighted by atomic mass is 16.5. The van der Waals surface area contributed by atoms with Crippen LogP contribution in [0.4, 0.5) is 0 Å². The molecule has 1 heterocycles. The van der Waals surface area contributed by atoms with E-state index in [-0.39, 0.29) is 0 Å². The van der Waals surface area contributed by atoms with Gasteiger partial charge in [-0.25, -0.2) is 4.98 Å². The van der Waals surface area contributed by atoms with Gasteiger partial charge in [0.2, 0.25) is 0 Å². The van der Waals surface area contributed by atoms with E-state index in [0.29, 0.717) is 6.61 Å². The van der Waals surface area contributed by atoms with Crippen LogP contribution in [0.5, 0.6) is 5.75 Å². The Bertz CT molecular complexity index is 697. The summed E-state index contributed by atoms with van der Waals surface area (Å²) in [7, 11) is 0. The summed E-state index contributed by atoms with van der Waals surface area (Å²) in [4.78, 5) is 7.95. The Kier molecular flexibility index (Phi) is 3.50. The third-order valence-electron chi connectivity index (χ3n) is 3.11. The first-order valence-corrected chi connectivity index (χ1v) is 6.66. The lowest BCUT2D eigenvalue weighted by Crippen LogP contribution is -1.97. The van der Waals surface area contributed by atoms with Gasteiger partial charge in [0.1, 0.15) is 11.6 Å². The lowest BCUT2D eigenvalue weighted by atomic mass is 10.2. The summed E-state index contributed by atoms with van der Waals surface area (Å²) in [5, 5.41) is 0. The molecule has 0 saturated carbocycles. The Labute approximate surface area is 117 Å². The van der Waals surface area contributed by atoms with E-state index in [0.717, 1.165) is 34.6 Å². The summed E-state index contributed by atoms with van der Waals surface area (Å²) in [6.07, 6.45) is 2.68. The van der Waals surface area contributed by atoms with Crippen molar-refractivity contribution in [3.8, 4) is 17.1 Å². The third kappa shape index (κ3) is 2.43. The number of para-hydroxylation sites is 3. The molecule has 3 aromatic rings. The molecule has 0 aliphatic carbocycles. The molecule has 0 atom stereocenters. The molecular formula is C17H16N2O. The van der Waals surface area contributed by atoms with Gasteiger partial charge in [0, 0.05) is 0 Å². The van der Waals surface area contributed by atoms with Gasteiger partial charge in [0.25, 0.3) is 0 Å². The van der Waals surface area contributed by atoms with E-state index < -0.39 is 0 Å². The Morgan fingerprint density at radius 1 is 1.10 bits per heavy atom. The highest BCUT2D eigenvalue weighted by molar-refractivity contribution is 5.80. The van der Waals surface area contributed by atoms with Crippen LogP contribution < -0.4 is 4.74 Å². The molecule has 3 nitrogen and oxygen atoms in total. The second kappa shape index (κ2) is 5.61. The molecule has 3 heteroatoms. The second-order valence-electron chi connectivity index (χ2n) is 4.52. The number of nitrogens with one attached hydrogen (secondary N) is 1. The number of benzene rings is 2. The number of hydrogen-bond acceptors (Lipinski definition) is 2. The van der Waals surface area contributed by atoms with E-state index >= 15 is 0 Å². The predicted octanol–water partition coefficient (Wildman–Crippen LogP) is 4.18. The van der Waals surface area contributed by atoms with Crippen molar-refractivity contribution in [2.24, 2.45) is 0 Å². The maximum absolute atomic E-state index is 5.80. The molecular weight excluding hydrogens is 248 g/mol. The normalized spacial score (nSPS) is 10.6. The molecule has 0 spiro atoms. The molecule has 0 saturated heterocycles. The minimum absolute atomic E-state index is 0.626. The molecule has 0 aliphatic rings. The molecule has 0 aliphatic heterocycles. The number of imidazole rings is 1. The maximum Gasteiger partial charge on any atom is 0.142 e. The van der Waals surface area contributed by atoms with Crippen molar-refractivity contribution in [3.05, 3.63) is 61.2 Å². The maximum atomic E-state index is 5.80. The van der Waals surface area contributed by atoms with E-state index in [9.17, 15) is 0 Å². The average Bonchev–Trinajstić information content (AvgIpc) is 2.92. The van der Waals surface area contributed by atoms with E-state index in [1.807, 2.05) is 54.6 Å². The fourth-order valence-electron chi connectivity index (χ4n) is 2.12. The molecule has 20 heavy (non-hydrogen) atoms. The van der Waals surface area contributed by atoms with Crippen LogP contribution in [0, 0.1) is 0 Å². The monoisotopic (exact) mass is 264 g/mol. The molecule has 100 valence electrons. The molecule has 0 amide bonds. The highest BCUT2D eigenvalue weighted by Gasteiger charge is 2.10. The zero-order valence-electron chi connectivity index (χ0n) is 11.2. The Morgan fingerprint density at radius 2 is 1.90 bits per heavy atom. The van der Waals surface area contributed by atoms with Crippen LogP contribution >= 0.6 is 0 Å². The predicted molar refractivity (Wildman–Crippen MR) is 81.8 cm³/mol. The molecule has 1 N–H and O–H groups in total. The van der Waals surface area contributed by atoms with Gasteiger partial charge in [-0.3, -0.25) is 0 Å². The number of fused-ring (bicyclic) bond motifs is 1. The number of rotatable bonds is 5. The summed E-state index contributed by atoms with van der Waals surface area (Å²) in [6.45, 7) is 4.33. The Hall–Kier alpha value is -2.55. The summed E-state index contributed by atoms with van der Waals surface area (Å²) in [5.41, 5.74) is 2.97. The van der Waals surface area contributed by atoms with E-state index in [2.05, 4.69) is 16.5 Å². The average molecular weight is 264 g/mol. The Morgan fingerprint density at radius 3 is 2.75 bits per heavy atom. The zero-order chi connectivity index (χ0) is 13.8. The molecule has 0 fully saturated rings. The largest absolute Gasteiger partial charge is 0.493 e. The minimum Gasteiger partial charge on any atom is -0.493 e. The lowest BCUT2D eigenvalue weighted by molar-refractivity contribution is 0.326. The van der Waals surface area contributed by atoms with Crippen LogP contribution in [-0.4, -0.2) is 16.6 Å². The number of ether oxygens (including phenoxy) is 1. The van der Waals surface area contributed by atoms with E-state index in [1.54, 1.807) is 0 Å².